The third kappa shape index (κ3) is 4.20. The van der Waals surface area contributed by atoms with Gasteiger partial charge in [0.05, 0.1) is 23.4 Å². The van der Waals surface area contributed by atoms with E-state index in [-0.39, 0.29) is 23.8 Å². The van der Waals surface area contributed by atoms with Crippen molar-refractivity contribution >= 4 is 17.3 Å². The number of aromatic nitrogens is 4. The first kappa shape index (κ1) is 18.3. The predicted octanol–water partition coefficient (Wildman–Crippen LogP) is 2.60. The van der Waals surface area contributed by atoms with Crippen LogP contribution in [0, 0.1) is 30.9 Å². The lowest BCUT2D eigenvalue weighted by atomic mass is 10.1. The highest BCUT2D eigenvalue weighted by atomic mass is 16.6. The summed E-state index contributed by atoms with van der Waals surface area (Å²) in [6.45, 7) is 5.65. The lowest BCUT2D eigenvalue weighted by molar-refractivity contribution is -0.386. The Balaban J connectivity index is 1.65. The van der Waals surface area contributed by atoms with E-state index >= 15 is 0 Å². The molecule has 27 heavy (non-hydrogen) atoms. The molecule has 1 aromatic carbocycles. The average molecular weight is 368 g/mol. The molecule has 1 N–H and O–H groups in total. The number of anilines is 1. The number of amides is 1. The van der Waals surface area contributed by atoms with Gasteiger partial charge in [0.15, 0.2) is 0 Å². The van der Waals surface area contributed by atoms with E-state index in [1.807, 2.05) is 25.1 Å². The summed E-state index contributed by atoms with van der Waals surface area (Å²) in [6, 6.07) is 8.12. The minimum Gasteiger partial charge on any atom is -0.322 e. The molecule has 9 heteroatoms. The summed E-state index contributed by atoms with van der Waals surface area (Å²) in [6.07, 6.45) is 3.31. The Morgan fingerprint density at radius 2 is 2.07 bits per heavy atom. The van der Waals surface area contributed by atoms with Crippen LogP contribution in [0.25, 0.3) is 0 Å². The summed E-state index contributed by atoms with van der Waals surface area (Å²) in [4.78, 5) is 22.8. The normalized spacial score (nSPS) is 10.8. The third-order valence-corrected chi connectivity index (χ3v) is 4.16. The Labute approximate surface area is 155 Å². The Morgan fingerprint density at radius 1 is 1.30 bits per heavy atom. The maximum Gasteiger partial charge on any atom is 0.312 e. The molecule has 0 saturated heterocycles. The molecule has 0 radical (unpaired) electrons. The third-order valence-electron chi connectivity index (χ3n) is 4.16. The highest BCUT2D eigenvalue weighted by Crippen LogP contribution is 2.21. The largest absolute Gasteiger partial charge is 0.322 e. The summed E-state index contributed by atoms with van der Waals surface area (Å²) in [7, 11) is 0. The predicted molar refractivity (Wildman–Crippen MR) is 99.5 cm³/mol. The first-order valence-electron chi connectivity index (χ1n) is 8.39. The van der Waals surface area contributed by atoms with E-state index in [0.29, 0.717) is 17.9 Å². The summed E-state index contributed by atoms with van der Waals surface area (Å²) in [5.74, 6) is -0.328. The van der Waals surface area contributed by atoms with Crippen molar-refractivity contribution in [3.63, 3.8) is 0 Å². The number of nitro groups is 1. The van der Waals surface area contributed by atoms with Crippen molar-refractivity contribution in [3.05, 3.63) is 69.3 Å². The van der Waals surface area contributed by atoms with Crippen LogP contribution in [0.2, 0.25) is 0 Å². The summed E-state index contributed by atoms with van der Waals surface area (Å²) in [5.41, 5.74) is 3.43. The van der Waals surface area contributed by atoms with Crippen molar-refractivity contribution in [1.29, 1.82) is 0 Å². The first-order valence-corrected chi connectivity index (χ1v) is 8.39. The van der Waals surface area contributed by atoms with Gasteiger partial charge in [0, 0.05) is 6.20 Å². The van der Waals surface area contributed by atoms with Crippen molar-refractivity contribution in [3.8, 4) is 0 Å². The first-order chi connectivity index (χ1) is 12.8. The van der Waals surface area contributed by atoms with Crippen LogP contribution in [-0.4, -0.2) is 30.4 Å². The molecule has 2 heterocycles. The average Bonchev–Trinajstić information content (AvgIpc) is 3.11. The van der Waals surface area contributed by atoms with Gasteiger partial charge in [-0.15, -0.1) is 0 Å². The number of hydrogen-bond donors (Lipinski definition) is 1. The second-order valence-corrected chi connectivity index (χ2v) is 6.40. The standard InChI is InChI=1S/C18H20N6O3/c1-12-5-4-6-15(7-12)9-22-10-16(8-19-22)20-17(25)11-23-14(3)18(24(26)27)13(2)21-23/h4-8,10H,9,11H2,1-3H3,(H,20,25). The number of carbonyl (C=O) groups excluding carboxylic acids is 1. The highest BCUT2D eigenvalue weighted by Gasteiger charge is 2.22. The van der Waals surface area contributed by atoms with E-state index in [1.54, 1.807) is 30.9 Å². The number of rotatable bonds is 6. The fourth-order valence-electron chi connectivity index (χ4n) is 2.95. The molecule has 0 aliphatic rings. The molecule has 0 aliphatic carbocycles. The maximum atomic E-state index is 12.3. The van der Waals surface area contributed by atoms with Crippen molar-refractivity contribution in [1.82, 2.24) is 19.6 Å². The van der Waals surface area contributed by atoms with Gasteiger partial charge >= 0.3 is 5.69 Å². The second-order valence-electron chi connectivity index (χ2n) is 6.40. The van der Waals surface area contributed by atoms with E-state index in [1.165, 1.54) is 10.2 Å². The minimum atomic E-state index is -0.485. The number of benzene rings is 1. The molecule has 9 nitrogen and oxygen atoms in total. The smallest absolute Gasteiger partial charge is 0.312 e. The number of nitrogens with zero attached hydrogens (tertiary/aromatic N) is 5. The SMILES string of the molecule is Cc1cccc(Cn2cc(NC(=O)Cn3nc(C)c([N+](=O)[O-])c3C)cn2)c1. The van der Waals surface area contributed by atoms with Crippen LogP contribution >= 0.6 is 0 Å². The van der Waals surface area contributed by atoms with Crippen LogP contribution < -0.4 is 5.32 Å². The number of hydrogen-bond acceptors (Lipinski definition) is 5. The molecule has 0 spiro atoms. The molecule has 2 aromatic heterocycles. The molecule has 0 fully saturated rings. The lowest BCUT2D eigenvalue weighted by Crippen LogP contribution is -2.20. The fraction of sp³-hybridized carbons (Fsp3) is 0.278. The van der Waals surface area contributed by atoms with Gasteiger partial charge in [-0.05, 0) is 26.3 Å². The van der Waals surface area contributed by atoms with Gasteiger partial charge in [0.25, 0.3) is 0 Å². The lowest BCUT2D eigenvalue weighted by Gasteiger charge is -2.05. The van der Waals surface area contributed by atoms with Crippen molar-refractivity contribution in [2.24, 2.45) is 0 Å². The van der Waals surface area contributed by atoms with Crippen molar-refractivity contribution < 1.29 is 9.72 Å². The monoisotopic (exact) mass is 368 g/mol. The zero-order valence-corrected chi connectivity index (χ0v) is 15.3. The number of carbonyl (C=O) groups is 1. The molecule has 0 bridgehead atoms. The summed E-state index contributed by atoms with van der Waals surface area (Å²) in [5, 5.41) is 22.1. The molecular formula is C18H20N6O3. The van der Waals surface area contributed by atoms with Gasteiger partial charge in [-0.1, -0.05) is 29.8 Å². The highest BCUT2D eigenvalue weighted by molar-refractivity contribution is 5.90. The van der Waals surface area contributed by atoms with Crippen LogP contribution in [0.15, 0.2) is 36.7 Å². The topological polar surface area (TPSA) is 108 Å². The van der Waals surface area contributed by atoms with Crippen LogP contribution in [0.3, 0.4) is 0 Å². The molecule has 140 valence electrons. The molecule has 3 aromatic rings. The Morgan fingerprint density at radius 3 is 2.74 bits per heavy atom. The summed E-state index contributed by atoms with van der Waals surface area (Å²) < 4.78 is 3.07. The van der Waals surface area contributed by atoms with E-state index in [0.717, 1.165) is 5.56 Å². The summed E-state index contributed by atoms with van der Waals surface area (Å²) >= 11 is 0. The van der Waals surface area contributed by atoms with Crippen LogP contribution in [0.4, 0.5) is 11.4 Å². The number of nitrogens with one attached hydrogen (secondary N) is 1. The molecular weight excluding hydrogens is 348 g/mol. The van der Waals surface area contributed by atoms with Gasteiger partial charge < -0.3 is 5.32 Å². The van der Waals surface area contributed by atoms with E-state index < -0.39 is 4.92 Å². The molecule has 0 saturated carbocycles. The quantitative estimate of drug-likeness (QED) is 0.531. The Bertz CT molecular complexity index is 1000. The molecule has 3 rings (SSSR count). The minimum absolute atomic E-state index is 0.0613. The molecule has 1 amide bonds. The van der Waals surface area contributed by atoms with Crippen molar-refractivity contribution in [2.45, 2.75) is 33.9 Å². The van der Waals surface area contributed by atoms with Crippen LogP contribution in [0.5, 0.6) is 0 Å². The van der Waals surface area contributed by atoms with Crippen molar-refractivity contribution in [2.75, 3.05) is 5.32 Å². The van der Waals surface area contributed by atoms with E-state index in [4.69, 9.17) is 0 Å². The van der Waals surface area contributed by atoms with Gasteiger partial charge in [-0.25, -0.2) is 0 Å². The Kier molecular flexibility index (Phi) is 5.02. The van der Waals surface area contributed by atoms with E-state index in [2.05, 4.69) is 21.6 Å². The van der Waals surface area contributed by atoms with Gasteiger partial charge in [0.1, 0.15) is 17.9 Å². The van der Waals surface area contributed by atoms with Crippen LogP contribution in [-0.2, 0) is 17.9 Å². The zero-order chi connectivity index (χ0) is 19.6. The maximum absolute atomic E-state index is 12.3. The van der Waals surface area contributed by atoms with Gasteiger partial charge in [-0.2, -0.15) is 10.2 Å². The Hall–Kier alpha value is -3.49. The number of aryl methyl sites for hydroxylation is 2. The molecule has 0 atom stereocenters. The second kappa shape index (κ2) is 7.40. The van der Waals surface area contributed by atoms with Gasteiger partial charge in [0.2, 0.25) is 5.91 Å². The molecule has 0 unspecified atom stereocenters. The van der Waals surface area contributed by atoms with E-state index in [9.17, 15) is 14.9 Å². The molecule has 0 aliphatic heterocycles. The van der Waals surface area contributed by atoms with Crippen LogP contribution in [0.1, 0.15) is 22.5 Å². The fourth-order valence-corrected chi connectivity index (χ4v) is 2.95. The van der Waals surface area contributed by atoms with Gasteiger partial charge in [-0.3, -0.25) is 24.3 Å². The zero-order valence-electron chi connectivity index (χ0n) is 15.3.